The Bertz CT molecular complexity index is 6820. The number of nitrogens with zero attached hydrogens (tertiary/aromatic N) is 2. The fraction of sp³-hybridized carbons (Fsp3) is 0.0600. The van der Waals surface area contributed by atoms with Crippen LogP contribution in [0.3, 0.4) is 0 Å². The van der Waals surface area contributed by atoms with E-state index in [1.54, 1.807) is 0 Å². The van der Waals surface area contributed by atoms with Crippen molar-refractivity contribution in [1.29, 1.82) is 0 Å². The zero-order valence-corrected chi connectivity index (χ0v) is 59.7. The van der Waals surface area contributed by atoms with Crippen molar-refractivity contribution in [2.45, 2.75) is 38.5 Å². The second-order valence-electron chi connectivity index (χ2n) is 29.4. The first-order valence-electron chi connectivity index (χ1n) is 36.2. The number of anilines is 6. The minimum Gasteiger partial charge on any atom is -0.310 e. The van der Waals surface area contributed by atoms with E-state index in [0.717, 1.165) is 34.1 Å². The summed E-state index contributed by atoms with van der Waals surface area (Å²) in [5.41, 5.74) is 26.7. The predicted molar refractivity (Wildman–Crippen MR) is 448 cm³/mol. The van der Waals surface area contributed by atoms with Gasteiger partial charge in [0.15, 0.2) is 0 Å². The van der Waals surface area contributed by atoms with Crippen LogP contribution < -0.4 is 9.80 Å². The number of benzene rings is 17. The van der Waals surface area contributed by atoms with Crippen molar-refractivity contribution in [2.75, 3.05) is 9.80 Å². The molecule has 2 nitrogen and oxygen atoms in total. The van der Waals surface area contributed by atoms with Gasteiger partial charge in [-0.05, 0) is 213 Å². The Morgan fingerprint density at radius 2 is 0.683 bits per heavy atom. The maximum Gasteiger partial charge on any atom is 0.0540 e. The van der Waals surface area contributed by atoms with Crippen molar-refractivity contribution < 1.29 is 0 Å². The van der Waals surface area contributed by atoms with E-state index in [-0.39, 0.29) is 10.8 Å². The lowest BCUT2D eigenvalue weighted by Crippen LogP contribution is -2.17. The van der Waals surface area contributed by atoms with Gasteiger partial charge in [-0.15, -0.1) is 22.7 Å². The molecule has 104 heavy (non-hydrogen) atoms. The van der Waals surface area contributed by atoms with Crippen LogP contribution in [0.4, 0.5) is 34.1 Å². The quantitative estimate of drug-likeness (QED) is 0.135. The van der Waals surface area contributed by atoms with Gasteiger partial charge in [-0.3, -0.25) is 0 Å². The molecule has 0 bridgehead atoms. The molecule has 0 unspecified atom stereocenters. The van der Waals surface area contributed by atoms with Crippen LogP contribution in [-0.4, -0.2) is 0 Å². The Balaban J connectivity index is 0.656. The molecule has 17 aromatic carbocycles. The third-order valence-electron chi connectivity index (χ3n) is 23.0. The van der Waals surface area contributed by atoms with Crippen molar-refractivity contribution in [1.82, 2.24) is 0 Å². The molecule has 2 aromatic heterocycles. The summed E-state index contributed by atoms with van der Waals surface area (Å²) in [6, 6.07) is 128. The normalized spacial score (nSPS) is 13.3. The van der Waals surface area contributed by atoms with E-state index in [1.165, 1.54) is 172 Å². The van der Waals surface area contributed by atoms with Gasteiger partial charge in [0, 0.05) is 84.7 Å². The van der Waals surface area contributed by atoms with Crippen LogP contribution in [-0.2, 0) is 10.8 Å². The Labute approximate surface area is 612 Å². The lowest BCUT2D eigenvalue weighted by molar-refractivity contribution is 0.660. The molecule has 0 N–H and O–H groups in total. The molecule has 0 saturated carbocycles. The SMILES string of the molecule is CC1(C)c2ccccc2-c2ccc(N(c3ccc(-c4cc5sc6ccc(-c7ccc8ccc(-c9ccccc9N(c9ccc%10c(c9)C(C)(C)c9ccccc9-%10)c9cccc%10c9ccc9sc%11ccccc%11c9%10)cc8c7)cc6c5c5ccccc45)cc3)c3ccccc3-c3cccc4ccccc34)cc21. The number of para-hydroxylation sites is 2. The fourth-order valence-electron chi connectivity index (χ4n) is 18.0. The topological polar surface area (TPSA) is 6.48 Å². The summed E-state index contributed by atoms with van der Waals surface area (Å²) in [5, 5.41) is 15.1. The van der Waals surface area contributed by atoms with Crippen molar-refractivity contribution >= 4 is 140 Å². The summed E-state index contributed by atoms with van der Waals surface area (Å²) in [5.74, 6) is 0. The van der Waals surface area contributed by atoms with E-state index in [0.29, 0.717) is 0 Å². The molecule has 0 fully saturated rings. The zero-order valence-electron chi connectivity index (χ0n) is 58.0. The largest absolute Gasteiger partial charge is 0.310 e. The first-order valence-corrected chi connectivity index (χ1v) is 37.8. The molecule has 0 radical (unpaired) electrons. The van der Waals surface area contributed by atoms with Gasteiger partial charge < -0.3 is 9.80 Å². The van der Waals surface area contributed by atoms with Crippen LogP contribution in [0, 0.1) is 0 Å². The van der Waals surface area contributed by atoms with Crippen LogP contribution >= 0.6 is 22.7 Å². The zero-order chi connectivity index (χ0) is 69.1. The molecule has 0 aliphatic heterocycles. The van der Waals surface area contributed by atoms with Crippen LogP contribution in [0.25, 0.3) is 150 Å². The van der Waals surface area contributed by atoms with Crippen molar-refractivity contribution in [3.8, 4) is 66.8 Å². The third-order valence-corrected chi connectivity index (χ3v) is 25.3. The van der Waals surface area contributed by atoms with Crippen molar-refractivity contribution in [2.24, 2.45) is 0 Å². The number of thiophene rings is 2. The number of fused-ring (bicyclic) bond motifs is 18. The predicted octanol–water partition coefficient (Wildman–Crippen LogP) is 29.3. The van der Waals surface area contributed by atoms with E-state index in [1.807, 2.05) is 22.7 Å². The molecule has 490 valence electrons. The summed E-state index contributed by atoms with van der Waals surface area (Å²) in [4.78, 5) is 5.03. The summed E-state index contributed by atoms with van der Waals surface area (Å²) >= 11 is 3.77. The first kappa shape index (κ1) is 60.6. The van der Waals surface area contributed by atoms with Gasteiger partial charge in [-0.25, -0.2) is 0 Å². The molecule has 0 saturated heterocycles. The molecule has 2 heterocycles. The average molecular weight is 1360 g/mol. The standard InChI is InChI=1S/C100H68N2S2/c1-99(2)86-33-14-9-26-75(86)77-50-48-69(58-88(77)99)101(91-36-17-12-28-79(91)73-31-19-22-62-21-5-6-23-71(62)73)68-46-43-63(44-47-68)84-60-96-98(81-29-8-7-25-74(81)84)85-57-65(45-53-94(85)104-96)64-41-39-61-40-42-66(56-67(61)55-64)72-24-11-16-35-90(72)102(70-49-51-78-76-27-10-15-34-87(76)100(3,4)89(78)59-70)92-37-20-32-82-80(92)52-54-95-97(82)83-30-13-18-38-93(83)103-95/h5-60H,1-4H3. The van der Waals surface area contributed by atoms with Gasteiger partial charge >= 0.3 is 0 Å². The van der Waals surface area contributed by atoms with Gasteiger partial charge in [-0.2, -0.15) is 0 Å². The molecular formula is C100H68N2S2. The lowest BCUT2D eigenvalue weighted by Gasteiger charge is -2.31. The maximum atomic E-state index is 2.54. The third kappa shape index (κ3) is 9.25. The Hall–Kier alpha value is -12.2. The van der Waals surface area contributed by atoms with Crippen LogP contribution in [0.1, 0.15) is 49.9 Å². The monoisotopic (exact) mass is 1360 g/mol. The summed E-state index contributed by atoms with van der Waals surface area (Å²) in [6.45, 7) is 9.52. The van der Waals surface area contributed by atoms with E-state index in [9.17, 15) is 0 Å². The number of hydrogen-bond acceptors (Lipinski definition) is 4. The summed E-state index contributed by atoms with van der Waals surface area (Å²) < 4.78 is 5.18. The highest BCUT2D eigenvalue weighted by molar-refractivity contribution is 7.26. The highest BCUT2D eigenvalue weighted by atomic mass is 32.1. The summed E-state index contributed by atoms with van der Waals surface area (Å²) in [7, 11) is 0. The Morgan fingerprint density at radius 3 is 1.43 bits per heavy atom. The molecule has 19 aromatic rings. The van der Waals surface area contributed by atoms with Crippen molar-refractivity contribution in [3.05, 3.63) is 362 Å². The van der Waals surface area contributed by atoms with Gasteiger partial charge in [0.1, 0.15) is 0 Å². The second-order valence-corrected chi connectivity index (χ2v) is 31.6. The van der Waals surface area contributed by atoms with Gasteiger partial charge in [0.05, 0.1) is 17.1 Å². The van der Waals surface area contributed by atoms with E-state index < -0.39 is 0 Å². The fourth-order valence-corrected chi connectivity index (χ4v) is 20.2. The number of rotatable bonds is 10. The van der Waals surface area contributed by atoms with Gasteiger partial charge in [0.2, 0.25) is 0 Å². The van der Waals surface area contributed by atoms with E-state index in [4.69, 9.17) is 0 Å². The highest BCUT2D eigenvalue weighted by Crippen LogP contribution is 2.56. The molecule has 2 aliphatic rings. The molecule has 0 atom stereocenters. The number of hydrogen-bond donors (Lipinski definition) is 0. The summed E-state index contributed by atoms with van der Waals surface area (Å²) in [6.07, 6.45) is 0. The minimum atomic E-state index is -0.173. The smallest absolute Gasteiger partial charge is 0.0540 e. The van der Waals surface area contributed by atoms with E-state index >= 15 is 0 Å². The van der Waals surface area contributed by atoms with Gasteiger partial charge in [0.25, 0.3) is 0 Å². The molecule has 21 rings (SSSR count). The molecule has 0 amide bonds. The van der Waals surface area contributed by atoms with Crippen LogP contribution in [0.15, 0.2) is 340 Å². The van der Waals surface area contributed by atoms with Gasteiger partial charge in [-0.1, -0.05) is 270 Å². The van der Waals surface area contributed by atoms with Crippen molar-refractivity contribution in [3.63, 3.8) is 0 Å². The first-order chi connectivity index (χ1) is 51.1. The van der Waals surface area contributed by atoms with Crippen LogP contribution in [0.2, 0.25) is 0 Å². The Kier molecular flexibility index (Phi) is 13.5. The average Bonchev–Trinajstić information content (AvgIpc) is 1.55. The Morgan fingerprint density at radius 1 is 0.212 bits per heavy atom. The molecule has 0 spiro atoms. The molecule has 2 aliphatic carbocycles. The van der Waals surface area contributed by atoms with Crippen LogP contribution in [0.5, 0.6) is 0 Å². The molecule has 4 heteroatoms. The molecular weight excluding hydrogens is 1290 g/mol. The minimum absolute atomic E-state index is 0.159. The second kappa shape index (κ2) is 23.2. The highest BCUT2D eigenvalue weighted by Gasteiger charge is 2.38. The van der Waals surface area contributed by atoms with E-state index in [2.05, 4.69) is 377 Å². The maximum absolute atomic E-state index is 2.54. The lowest BCUT2D eigenvalue weighted by atomic mass is 9.82.